The number of anilines is 2. The number of fused-ring (bicyclic) bond motifs is 1. The number of hydrogen-bond acceptors (Lipinski definition) is 4. The number of carboxylic acid groups (broad SMARTS) is 1. The van der Waals surface area contributed by atoms with E-state index >= 15 is 0 Å². The number of sulfonamides is 1. The van der Waals surface area contributed by atoms with Crippen LogP contribution in [0.3, 0.4) is 0 Å². The van der Waals surface area contributed by atoms with Crippen molar-refractivity contribution in [1.82, 2.24) is 0 Å². The van der Waals surface area contributed by atoms with E-state index in [-0.39, 0.29) is 17.1 Å². The Kier molecular flexibility index (Phi) is 4.56. The third-order valence-corrected chi connectivity index (χ3v) is 5.75. The van der Waals surface area contributed by atoms with Crippen molar-refractivity contribution in [3.05, 3.63) is 53.1 Å². The second-order valence-electron chi connectivity index (χ2n) is 6.55. The number of nitrogens with zero attached hydrogens (tertiary/aromatic N) is 1. The van der Waals surface area contributed by atoms with Gasteiger partial charge in [0, 0.05) is 12.2 Å². The van der Waals surface area contributed by atoms with Crippen molar-refractivity contribution in [1.29, 1.82) is 0 Å². The number of carbonyl (C=O) groups is 2. The first-order valence-electron chi connectivity index (χ1n) is 8.13. The van der Waals surface area contributed by atoms with Gasteiger partial charge in [0.1, 0.15) is 0 Å². The molecule has 0 saturated carbocycles. The van der Waals surface area contributed by atoms with Crippen molar-refractivity contribution in [2.75, 3.05) is 16.2 Å². The molecule has 9 heteroatoms. The van der Waals surface area contributed by atoms with E-state index in [2.05, 4.69) is 4.72 Å². The number of hydrogen-bond donors (Lipinski definition) is 3. The van der Waals surface area contributed by atoms with Crippen LogP contribution in [0.4, 0.5) is 16.2 Å². The lowest BCUT2D eigenvalue weighted by molar-refractivity contribution is -0.119. The van der Waals surface area contributed by atoms with Crippen molar-refractivity contribution in [3.63, 3.8) is 0 Å². The summed E-state index contributed by atoms with van der Waals surface area (Å²) in [6.07, 6.45) is -1.21. The van der Waals surface area contributed by atoms with Gasteiger partial charge in [0.15, 0.2) is 0 Å². The normalized spacial score (nSPS) is 16.1. The summed E-state index contributed by atoms with van der Waals surface area (Å²) in [5, 5.41) is 9.28. The molecule has 142 valence electrons. The van der Waals surface area contributed by atoms with E-state index in [0.29, 0.717) is 11.3 Å². The predicted molar refractivity (Wildman–Crippen MR) is 100 cm³/mol. The summed E-state index contributed by atoms with van der Waals surface area (Å²) in [5.41, 5.74) is 7.94. The van der Waals surface area contributed by atoms with E-state index in [4.69, 9.17) is 5.73 Å². The van der Waals surface area contributed by atoms with Crippen LogP contribution in [0.5, 0.6) is 0 Å². The van der Waals surface area contributed by atoms with Crippen LogP contribution in [0, 0.1) is 13.8 Å². The molecule has 2 aromatic rings. The fourth-order valence-corrected chi connectivity index (χ4v) is 4.49. The van der Waals surface area contributed by atoms with Gasteiger partial charge in [-0.1, -0.05) is 6.07 Å². The molecular weight excluding hydrogens is 370 g/mol. The third kappa shape index (κ3) is 3.59. The van der Waals surface area contributed by atoms with Gasteiger partial charge in [-0.05, 0) is 60.9 Å². The van der Waals surface area contributed by atoms with Crippen molar-refractivity contribution in [2.45, 2.75) is 24.7 Å². The molecule has 3 rings (SSSR count). The molecule has 0 fully saturated rings. The average molecular weight is 389 g/mol. The Bertz CT molecular complexity index is 1030. The van der Waals surface area contributed by atoms with Crippen LogP contribution in [0.15, 0.2) is 41.3 Å². The molecular formula is C18H19N3O5S. The summed E-state index contributed by atoms with van der Waals surface area (Å²) in [5.74, 6) is -1.50. The summed E-state index contributed by atoms with van der Waals surface area (Å²) in [6.45, 7) is 3.52. The van der Waals surface area contributed by atoms with Crippen LogP contribution in [-0.2, 0) is 14.8 Å². The van der Waals surface area contributed by atoms with Gasteiger partial charge in [0.2, 0.25) is 5.91 Å². The Morgan fingerprint density at radius 1 is 1.15 bits per heavy atom. The highest BCUT2D eigenvalue weighted by Crippen LogP contribution is 2.38. The van der Waals surface area contributed by atoms with Crippen LogP contribution in [-0.4, -0.2) is 32.1 Å². The molecule has 0 saturated heterocycles. The number of amides is 2. The van der Waals surface area contributed by atoms with Crippen molar-refractivity contribution >= 4 is 33.4 Å². The molecule has 27 heavy (non-hydrogen) atoms. The van der Waals surface area contributed by atoms with Gasteiger partial charge in [-0.3, -0.25) is 14.4 Å². The van der Waals surface area contributed by atoms with Gasteiger partial charge in [0.25, 0.3) is 10.0 Å². The number of primary amides is 1. The molecule has 0 aliphatic carbocycles. The molecule has 1 atom stereocenters. The molecule has 0 radical (unpaired) electrons. The Labute approximate surface area is 156 Å². The maximum atomic E-state index is 12.7. The molecule has 1 heterocycles. The topological polar surface area (TPSA) is 130 Å². The summed E-state index contributed by atoms with van der Waals surface area (Å²) >= 11 is 0. The van der Waals surface area contributed by atoms with Crippen LogP contribution >= 0.6 is 0 Å². The number of nitrogens with two attached hydrogens (primary N) is 1. The van der Waals surface area contributed by atoms with E-state index < -0.39 is 27.9 Å². The predicted octanol–water partition coefficient (Wildman–Crippen LogP) is 2.17. The van der Waals surface area contributed by atoms with Crippen LogP contribution in [0.25, 0.3) is 0 Å². The standard InChI is InChI=1S/C18H19N3O5S/c1-10-5-11(2)7-13(6-10)27(25,26)20-12-3-4-16-14(8-12)15(17(19)22)9-21(16)18(23)24/h3-8,15,20H,9H2,1-2H3,(H2,19,22)(H,23,24). The molecule has 1 unspecified atom stereocenters. The number of rotatable bonds is 4. The molecule has 1 aliphatic rings. The summed E-state index contributed by atoms with van der Waals surface area (Å²) in [4.78, 5) is 24.2. The molecule has 0 aromatic heterocycles. The maximum absolute atomic E-state index is 12.7. The molecule has 4 N–H and O–H groups in total. The Balaban J connectivity index is 1.98. The second-order valence-corrected chi connectivity index (χ2v) is 8.23. The number of nitrogens with one attached hydrogen (secondary N) is 1. The average Bonchev–Trinajstić information content (AvgIpc) is 2.92. The first kappa shape index (κ1) is 18.7. The van der Waals surface area contributed by atoms with Gasteiger partial charge in [0.05, 0.1) is 16.5 Å². The van der Waals surface area contributed by atoms with Gasteiger partial charge >= 0.3 is 6.09 Å². The molecule has 0 bridgehead atoms. The maximum Gasteiger partial charge on any atom is 0.411 e. The fraction of sp³-hybridized carbons (Fsp3) is 0.222. The lowest BCUT2D eigenvalue weighted by Crippen LogP contribution is -2.31. The molecule has 0 spiro atoms. The minimum atomic E-state index is -3.84. The van der Waals surface area contributed by atoms with Gasteiger partial charge in [-0.15, -0.1) is 0 Å². The quantitative estimate of drug-likeness (QED) is 0.738. The number of carbonyl (C=O) groups excluding carboxylic acids is 1. The van der Waals surface area contributed by atoms with Gasteiger partial charge < -0.3 is 10.8 Å². The highest BCUT2D eigenvalue weighted by atomic mass is 32.2. The van der Waals surface area contributed by atoms with Crippen molar-refractivity contribution < 1.29 is 23.1 Å². The number of aryl methyl sites for hydroxylation is 2. The highest BCUT2D eigenvalue weighted by molar-refractivity contribution is 7.92. The summed E-state index contributed by atoms with van der Waals surface area (Å²) in [7, 11) is -3.84. The lowest BCUT2D eigenvalue weighted by atomic mass is 10.0. The Morgan fingerprint density at radius 3 is 2.33 bits per heavy atom. The third-order valence-electron chi connectivity index (χ3n) is 4.39. The van der Waals surface area contributed by atoms with E-state index in [1.165, 1.54) is 18.2 Å². The molecule has 2 aromatic carbocycles. The lowest BCUT2D eigenvalue weighted by Gasteiger charge is -2.14. The monoisotopic (exact) mass is 389 g/mol. The molecule has 8 nitrogen and oxygen atoms in total. The minimum absolute atomic E-state index is 0.0900. The van der Waals surface area contributed by atoms with E-state index in [1.54, 1.807) is 26.0 Å². The Morgan fingerprint density at radius 2 is 1.78 bits per heavy atom. The number of benzene rings is 2. The molecule has 1 aliphatic heterocycles. The fourth-order valence-electron chi connectivity index (χ4n) is 3.25. The second kappa shape index (κ2) is 6.58. The van der Waals surface area contributed by atoms with Gasteiger partial charge in [-0.25, -0.2) is 13.2 Å². The van der Waals surface area contributed by atoms with Crippen LogP contribution in [0.1, 0.15) is 22.6 Å². The largest absolute Gasteiger partial charge is 0.465 e. The highest BCUT2D eigenvalue weighted by Gasteiger charge is 2.36. The smallest absolute Gasteiger partial charge is 0.411 e. The SMILES string of the molecule is Cc1cc(C)cc(S(=O)(=O)Nc2ccc3c(c2)C(C(N)=O)CN3C(=O)O)c1. The first-order valence-corrected chi connectivity index (χ1v) is 9.61. The van der Waals surface area contributed by atoms with Crippen molar-refractivity contribution in [3.8, 4) is 0 Å². The zero-order chi connectivity index (χ0) is 19.9. The van der Waals surface area contributed by atoms with E-state index in [9.17, 15) is 23.1 Å². The first-order chi connectivity index (χ1) is 12.6. The van der Waals surface area contributed by atoms with Crippen molar-refractivity contribution in [2.24, 2.45) is 5.73 Å². The molecule has 2 amide bonds. The minimum Gasteiger partial charge on any atom is -0.465 e. The summed E-state index contributed by atoms with van der Waals surface area (Å²) < 4.78 is 27.9. The van der Waals surface area contributed by atoms with E-state index in [1.807, 2.05) is 6.07 Å². The van der Waals surface area contributed by atoms with Crippen LogP contribution in [0.2, 0.25) is 0 Å². The van der Waals surface area contributed by atoms with E-state index in [0.717, 1.165) is 16.0 Å². The Hall–Kier alpha value is -3.07. The zero-order valence-corrected chi connectivity index (χ0v) is 15.6. The summed E-state index contributed by atoms with van der Waals surface area (Å²) in [6, 6.07) is 9.35. The van der Waals surface area contributed by atoms with Gasteiger partial charge in [-0.2, -0.15) is 0 Å². The van der Waals surface area contributed by atoms with Crippen LogP contribution < -0.4 is 15.4 Å². The zero-order valence-electron chi connectivity index (χ0n) is 14.8.